The second-order valence-electron chi connectivity index (χ2n) is 3.18. The lowest BCUT2D eigenvalue weighted by atomic mass is 10.2. The largest absolute Gasteiger partial charge is 0.346 e. The number of amides is 2. The van der Waals surface area contributed by atoms with Crippen molar-refractivity contribution in [2.75, 3.05) is 17.2 Å². The molecule has 0 bridgehead atoms. The molecule has 0 saturated heterocycles. The Morgan fingerprint density at radius 3 is 2.39 bits per heavy atom. The summed E-state index contributed by atoms with van der Waals surface area (Å²) >= 11 is 2.87. The average Bonchev–Trinajstić information content (AvgIpc) is 2.36. The van der Waals surface area contributed by atoms with Gasteiger partial charge in [0.05, 0.1) is 17.6 Å². The van der Waals surface area contributed by atoms with Crippen LogP contribution in [0.1, 0.15) is 0 Å². The lowest BCUT2D eigenvalue weighted by Gasteiger charge is -2.07. The van der Waals surface area contributed by atoms with E-state index in [0.717, 1.165) is 6.07 Å². The molecular weight excluding hydrogens is 317 g/mol. The number of alkyl halides is 1. The van der Waals surface area contributed by atoms with Gasteiger partial charge in [-0.05, 0) is 12.1 Å². The van der Waals surface area contributed by atoms with Crippen LogP contribution in [0, 0.1) is 17.5 Å². The summed E-state index contributed by atoms with van der Waals surface area (Å²) in [6.07, 6.45) is 0. The van der Waals surface area contributed by atoms with Gasteiger partial charge in [-0.2, -0.15) is 0 Å². The molecule has 2 amide bonds. The number of rotatable bonds is 4. The normalized spacial score (nSPS) is 10.0. The van der Waals surface area contributed by atoms with E-state index in [9.17, 15) is 22.8 Å². The van der Waals surface area contributed by atoms with E-state index in [1.165, 1.54) is 0 Å². The number of hydrogen-bond donors (Lipinski definition) is 2. The van der Waals surface area contributed by atoms with E-state index >= 15 is 0 Å². The van der Waals surface area contributed by atoms with E-state index in [2.05, 4.69) is 21.2 Å². The van der Waals surface area contributed by atoms with Crippen molar-refractivity contribution >= 4 is 33.4 Å². The van der Waals surface area contributed by atoms with Gasteiger partial charge in [0.2, 0.25) is 11.8 Å². The zero-order valence-corrected chi connectivity index (χ0v) is 10.5. The van der Waals surface area contributed by atoms with Crippen LogP contribution in [-0.4, -0.2) is 23.7 Å². The molecule has 0 aliphatic heterocycles. The minimum Gasteiger partial charge on any atom is -0.346 e. The Morgan fingerprint density at radius 2 is 1.78 bits per heavy atom. The maximum Gasteiger partial charge on any atom is 0.243 e. The van der Waals surface area contributed by atoms with Crippen LogP contribution >= 0.6 is 15.9 Å². The fourth-order valence-electron chi connectivity index (χ4n) is 1.04. The van der Waals surface area contributed by atoms with Crippen molar-refractivity contribution in [3.8, 4) is 0 Å². The molecule has 4 nitrogen and oxygen atoms in total. The Balaban J connectivity index is 2.65. The number of benzene rings is 1. The molecule has 0 unspecified atom stereocenters. The van der Waals surface area contributed by atoms with Gasteiger partial charge in [-0.3, -0.25) is 9.59 Å². The van der Waals surface area contributed by atoms with Crippen molar-refractivity contribution in [1.29, 1.82) is 0 Å². The fourth-order valence-corrected chi connectivity index (χ4v) is 1.24. The van der Waals surface area contributed by atoms with Crippen LogP contribution in [0.25, 0.3) is 0 Å². The monoisotopic (exact) mass is 324 g/mol. The zero-order valence-electron chi connectivity index (χ0n) is 8.90. The Labute approximate surface area is 109 Å². The zero-order chi connectivity index (χ0) is 13.7. The predicted molar refractivity (Wildman–Crippen MR) is 61.7 cm³/mol. The first-order valence-electron chi connectivity index (χ1n) is 4.71. The summed E-state index contributed by atoms with van der Waals surface area (Å²) in [4.78, 5) is 22.1. The van der Waals surface area contributed by atoms with Gasteiger partial charge in [0.15, 0.2) is 17.5 Å². The molecule has 98 valence electrons. The summed E-state index contributed by atoms with van der Waals surface area (Å²) in [5.74, 6) is -5.70. The number of nitrogens with one attached hydrogen (secondary N) is 2. The van der Waals surface area contributed by atoms with Crippen molar-refractivity contribution < 1.29 is 22.8 Å². The van der Waals surface area contributed by atoms with E-state index in [0.29, 0.717) is 6.07 Å². The van der Waals surface area contributed by atoms with Crippen LogP contribution in [0.5, 0.6) is 0 Å². The fraction of sp³-hybridized carbons (Fsp3) is 0.200. The molecule has 0 radical (unpaired) electrons. The molecule has 8 heteroatoms. The van der Waals surface area contributed by atoms with Gasteiger partial charge in [-0.15, -0.1) is 0 Å². The standard InChI is InChI=1S/C10H8BrF3N2O2/c11-3-7(17)15-4-8(18)16-6-2-1-5(12)9(13)10(6)14/h1-2H,3-4H2,(H,15,17)(H,16,18). The van der Waals surface area contributed by atoms with Crippen LogP contribution in [-0.2, 0) is 9.59 Å². The first-order valence-corrected chi connectivity index (χ1v) is 5.84. The van der Waals surface area contributed by atoms with Crippen molar-refractivity contribution in [2.45, 2.75) is 0 Å². The minimum absolute atomic E-state index is 0.0137. The second-order valence-corrected chi connectivity index (χ2v) is 3.74. The lowest BCUT2D eigenvalue weighted by Crippen LogP contribution is -2.33. The van der Waals surface area contributed by atoms with E-state index in [-0.39, 0.29) is 5.33 Å². The molecule has 0 atom stereocenters. The molecule has 2 N–H and O–H groups in total. The molecule has 0 aliphatic rings. The second kappa shape index (κ2) is 6.39. The molecule has 1 aromatic carbocycles. The summed E-state index contributed by atoms with van der Waals surface area (Å²) in [6.45, 7) is -0.400. The highest BCUT2D eigenvalue weighted by Gasteiger charge is 2.15. The number of hydrogen-bond acceptors (Lipinski definition) is 2. The van der Waals surface area contributed by atoms with E-state index in [1.54, 1.807) is 0 Å². The molecule has 0 aliphatic carbocycles. The van der Waals surface area contributed by atoms with E-state index < -0.39 is 41.5 Å². The number of halogens is 4. The number of carbonyl (C=O) groups is 2. The highest BCUT2D eigenvalue weighted by molar-refractivity contribution is 9.09. The van der Waals surface area contributed by atoms with Crippen molar-refractivity contribution in [1.82, 2.24) is 5.32 Å². The quantitative estimate of drug-likeness (QED) is 0.652. The van der Waals surface area contributed by atoms with Crippen molar-refractivity contribution in [2.24, 2.45) is 0 Å². The summed E-state index contributed by atoms with van der Waals surface area (Å²) in [5.41, 5.74) is -0.494. The highest BCUT2D eigenvalue weighted by atomic mass is 79.9. The Hall–Kier alpha value is -1.57. The third-order valence-corrected chi connectivity index (χ3v) is 2.39. The summed E-state index contributed by atoms with van der Waals surface area (Å²) in [5, 5.41) is 4.23. The average molecular weight is 325 g/mol. The maximum absolute atomic E-state index is 13.2. The molecule has 0 aromatic heterocycles. The number of carbonyl (C=O) groups excluding carboxylic acids is 2. The van der Waals surface area contributed by atoms with E-state index in [4.69, 9.17) is 0 Å². The van der Waals surface area contributed by atoms with Crippen LogP contribution < -0.4 is 10.6 Å². The molecule has 0 fully saturated rings. The molecule has 1 rings (SSSR count). The van der Waals surface area contributed by atoms with Gasteiger partial charge in [0.1, 0.15) is 0 Å². The molecular formula is C10H8BrF3N2O2. The first-order chi connectivity index (χ1) is 8.45. The van der Waals surface area contributed by atoms with Crippen LogP contribution in [0.2, 0.25) is 0 Å². The summed E-state index contributed by atoms with van der Waals surface area (Å²) < 4.78 is 38.6. The first kappa shape index (κ1) is 14.5. The number of anilines is 1. The third-order valence-electron chi connectivity index (χ3n) is 1.88. The van der Waals surface area contributed by atoms with Crippen LogP contribution in [0.3, 0.4) is 0 Å². The van der Waals surface area contributed by atoms with Crippen LogP contribution in [0.15, 0.2) is 12.1 Å². The van der Waals surface area contributed by atoms with Gasteiger partial charge in [0.25, 0.3) is 0 Å². The smallest absolute Gasteiger partial charge is 0.243 e. The Morgan fingerprint density at radius 1 is 1.11 bits per heavy atom. The van der Waals surface area contributed by atoms with Gasteiger partial charge in [-0.25, -0.2) is 13.2 Å². The minimum atomic E-state index is -1.67. The van der Waals surface area contributed by atoms with Gasteiger partial charge in [-0.1, -0.05) is 15.9 Å². The van der Waals surface area contributed by atoms with Gasteiger partial charge >= 0.3 is 0 Å². The topological polar surface area (TPSA) is 58.2 Å². The molecule has 18 heavy (non-hydrogen) atoms. The van der Waals surface area contributed by atoms with Crippen molar-refractivity contribution in [3.05, 3.63) is 29.6 Å². The molecule has 0 heterocycles. The van der Waals surface area contributed by atoms with Gasteiger partial charge < -0.3 is 10.6 Å². The van der Waals surface area contributed by atoms with Crippen molar-refractivity contribution in [3.63, 3.8) is 0 Å². The Kier molecular flexibility index (Phi) is 5.14. The van der Waals surface area contributed by atoms with E-state index in [1.807, 2.05) is 5.32 Å². The van der Waals surface area contributed by atoms with Crippen LogP contribution in [0.4, 0.5) is 18.9 Å². The van der Waals surface area contributed by atoms with Gasteiger partial charge in [0, 0.05) is 0 Å². The predicted octanol–water partition coefficient (Wildman–Crippen LogP) is 1.55. The third kappa shape index (κ3) is 3.73. The Bertz CT molecular complexity index is 482. The molecule has 0 spiro atoms. The maximum atomic E-state index is 13.2. The molecule has 0 saturated carbocycles. The SMILES string of the molecule is O=C(CBr)NCC(=O)Nc1ccc(F)c(F)c1F. The summed E-state index contributed by atoms with van der Waals surface area (Å²) in [6, 6.07) is 1.57. The summed E-state index contributed by atoms with van der Waals surface area (Å²) in [7, 11) is 0. The highest BCUT2D eigenvalue weighted by Crippen LogP contribution is 2.19. The lowest BCUT2D eigenvalue weighted by molar-refractivity contribution is -0.122. The molecule has 1 aromatic rings.